The van der Waals surface area contributed by atoms with Crippen LogP contribution in [-0.2, 0) is 22.2 Å². The fourth-order valence-corrected chi connectivity index (χ4v) is 2.68. The van der Waals surface area contributed by atoms with E-state index in [9.17, 15) is 8.42 Å². The Balaban J connectivity index is 2.13. The Bertz CT molecular complexity index is 748. The van der Waals surface area contributed by atoms with Crippen molar-refractivity contribution in [2.45, 2.75) is 19.1 Å². The van der Waals surface area contributed by atoms with E-state index in [-0.39, 0.29) is 5.75 Å². The monoisotopic (exact) mass is 341 g/mol. The van der Waals surface area contributed by atoms with Crippen molar-refractivity contribution >= 4 is 21.6 Å². The van der Waals surface area contributed by atoms with Crippen molar-refractivity contribution < 1.29 is 13.2 Å². The van der Waals surface area contributed by atoms with Gasteiger partial charge in [0.05, 0.1) is 5.75 Å². The zero-order valence-corrected chi connectivity index (χ0v) is 13.8. The molecule has 0 radical (unpaired) electrons. The minimum Gasteiger partial charge on any atom is -0.439 e. The summed E-state index contributed by atoms with van der Waals surface area (Å²) in [6, 6.07) is 8.27. The van der Waals surface area contributed by atoms with Gasteiger partial charge in [-0.1, -0.05) is 30.7 Å². The highest BCUT2D eigenvalue weighted by Gasteiger charge is 2.09. The average molecular weight is 342 g/mol. The minimum atomic E-state index is -3.29. The van der Waals surface area contributed by atoms with Crippen LogP contribution in [0.2, 0.25) is 5.15 Å². The number of halogens is 1. The molecule has 0 saturated carbocycles. The highest BCUT2D eigenvalue weighted by molar-refractivity contribution is 7.88. The maximum absolute atomic E-state index is 11.5. The molecule has 0 aliphatic carbocycles. The van der Waals surface area contributed by atoms with Crippen LogP contribution in [0.5, 0.6) is 11.6 Å². The summed E-state index contributed by atoms with van der Waals surface area (Å²) in [6.07, 6.45) is 0.651. The maximum Gasteiger partial charge on any atom is 0.224 e. The third-order valence-electron chi connectivity index (χ3n) is 2.85. The Hall–Kier alpha value is -1.70. The van der Waals surface area contributed by atoms with Crippen molar-refractivity contribution in [3.8, 4) is 11.6 Å². The van der Waals surface area contributed by atoms with Crippen LogP contribution in [0.4, 0.5) is 0 Å². The van der Waals surface area contributed by atoms with Gasteiger partial charge < -0.3 is 4.74 Å². The maximum atomic E-state index is 11.5. The second-order valence-electron chi connectivity index (χ2n) is 4.51. The molecule has 1 N–H and O–H groups in total. The molecule has 0 aliphatic rings. The zero-order valence-electron chi connectivity index (χ0n) is 12.2. The first kappa shape index (κ1) is 16.7. The van der Waals surface area contributed by atoms with E-state index in [1.54, 1.807) is 24.3 Å². The van der Waals surface area contributed by atoms with Crippen LogP contribution in [0.1, 0.15) is 18.3 Å². The van der Waals surface area contributed by atoms with Gasteiger partial charge in [-0.15, -0.1) is 0 Å². The van der Waals surface area contributed by atoms with Crippen molar-refractivity contribution in [2.24, 2.45) is 0 Å². The Labute approximate surface area is 134 Å². The van der Waals surface area contributed by atoms with Gasteiger partial charge in [0.1, 0.15) is 16.7 Å². The lowest BCUT2D eigenvalue weighted by Gasteiger charge is -2.07. The average Bonchev–Trinajstić information content (AvgIpc) is 2.48. The number of hydrogen-bond acceptors (Lipinski definition) is 5. The number of ether oxygens (including phenoxy) is 1. The van der Waals surface area contributed by atoms with E-state index in [4.69, 9.17) is 16.3 Å². The summed E-state index contributed by atoms with van der Waals surface area (Å²) in [7, 11) is -1.90. The van der Waals surface area contributed by atoms with Gasteiger partial charge in [0.25, 0.3) is 0 Å². The van der Waals surface area contributed by atoms with Crippen LogP contribution < -0.4 is 9.46 Å². The Morgan fingerprint density at radius 2 is 1.91 bits per heavy atom. The van der Waals surface area contributed by atoms with E-state index < -0.39 is 10.0 Å². The zero-order chi connectivity index (χ0) is 16.2. The highest BCUT2D eigenvalue weighted by atomic mass is 35.5. The summed E-state index contributed by atoms with van der Waals surface area (Å²) >= 11 is 5.90. The van der Waals surface area contributed by atoms with Crippen LogP contribution in [0, 0.1) is 0 Å². The minimum absolute atomic E-state index is 0.0803. The molecular weight excluding hydrogens is 326 g/mol. The first-order valence-corrected chi connectivity index (χ1v) is 8.66. The van der Waals surface area contributed by atoms with E-state index in [0.29, 0.717) is 34.6 Å². The van der Waals surface area contributed by atoms with Gasteiger partial charge in [-0.2, -0.15) is 4.98 Å². The van der Waals surface area contributed by atoms with E-state index in [2.05, 4.69) is 14.7 Å². The van der Waals surface area contributed by atoms with E-state index in [0.717, 1.165) is 0 Å². The lowest BCUT2D eigenvalue weighted by Crippen LogP contribution is -2.20. The highest BCUT2D eigenvalue weighted by Crippen LogP contribution is 2.22. The molecule has 0 atom stereocenters. The van der Waals surface area contributed by atoms with Crippen molar-refractivity contribution in [2.75, 3.05) is 7.05 Å². The van der Waals surface area contributed by atoms with Gasteiger partial charge in [-0.25, -0.2) is 18.1 Å². The quantitative estimate of drug-likeness (QED) is 0.816. The van der Waals surface area contributed by atoms with E-state index in [1.807, 2.05) is 6.92 Å². The molecule has 0 amide bonds. The number of aryl methyl sites for hydroxylation is 1. The Morgan fingerprint density at radius 1 is 1.23 bits per heavy atom. The van der Waals surface area contributed by atoms with Gasteiger partial charge in [0.2, 0.25) is 15.9 Å². The molecule has 2 aromatic rings. The smallest absolute Gasteiger partial charge is 0.224 e. The van der Waals surface area contributed by atoms with Gasteiger partial charge in [-0.3, -0.25) is 0 Å². The number of benzene rings is 1. The summed E-state index contributed by atoms with van der Waals surface area (Å²) in [5, 5.41) is 0.318. The number of nitrogens with zero attached hydrogens (tertiary/aromatic N) is 2. The SMILES string of the molecule is CCc1nc(Cl)cc(Oc2ccc(CS(=O)(=O)NC)cc2)n1. The first-order valence-electron chi connectivity index (χ1n) is 6.63. The van der Waals surface area contributed by atoms with E-state index >= 15 is 0 Å². The summed E-state index contributed by atoms with van der Waals surface area (Å²) in [4.78, 5) is 8.28. The third-order valence-corrected chi connectivity index (χ3v) is 4.38. The summed E-state index contributed by atoms with van der Waals surface area (Å²) in [5.41, 5.74) is 0.664. The molecule has 0 fully saturated rings. The van der Waals surface area contributed by atoms with Crippen LogP contribution in [0.15, 0.2) is 30.3 Å². The molecule has 0 spiro atoms. The predicted molar refractivity (Wildman–Crippen MR) is 84.6 cm³/mol. The number of rotatable bonds is 6. The standard InChI is InChI=1S/C14H16ClN3O3S/c1-3-13-17-12(15)8-14(18-13)21-11-6-4-10(5-7-11)9-22(19,20)16-2/h4-8,16H,3,9H2,1-2H3. The molecule has 0 aliphatic heterocycles. The number of nitrogens with one attached hydrogen (secondary N) is 1. The lowest BCUT2D eigenvalue weighted by molar-refractivity contribution is 0.458. The van der Waals surface area contributed by atoms with Gasteiger partial charge >= 0.3 is 0 Å². The van der Waals surface area contributed by atoms with Crippen molar-refractivity contribution in [3.63, 3.8) is 0 Å². The second-order valence-corrected chi connectivity index (χ2v) is 6.82. The number of hydrogen-bond donors (Lipinski definition) is 1. The van der Waals surface area contributed by atoms with Crippen LogP contribution in [0.25, 0.3) is 0 Å². The van der Waals surface area contributed by atoms with Gasteiger partial charge in [-0.05, 0) is 24.7 Å². The van der Waals surface area contributed by atoms with Gasteiger partial charge in [0.15, 0.2) is 0 Å². The van der Waals surface area contributed by atoms with Crippen molar-refractivity contribution in [1.29, 1.82) is 0 Å². The lowest BCUT2D eigenvalue weighted by atomic mass is 10.2. The fourth-order valence-electron chi connectivity index (χ4n) is 1.72. The summed E-state index contributed by atoms with van der Waals surface area (Å²) in [5.74, 6) is 1.41. The molecule has 8 heteroatoms. The molecule has 1 heterocycles. The molecule has 22 heavy (non-hydrogen) atoms. The molecule has 0 bridgehead atoms. The molecule has 0 saturated heterocycles. The summed E-state index contributed by atoms with van der Waals surface area (Å²) in [6.45, 7) is 1.92. The van der Waals surface area contributed by atoms with Gasteiger partial charge in [0, 0.05) is 12.5 Å². The first-order chi connectivity index (χ1) is 10.4. The largest absolute Gasteiger partial charge is 0.439 e. The molecule has 0 unspecified atom stereocenters. The predicted octanol–water partition coefficient (Wildman–Crippen LogP) is 2.53. The Morgan fingerprint density at radius 3 is 2.50 bits per heavy atom. The molecule has 6 nitrogen and oxygen atoms in total. The Kier molecular flexibility index (Phi) is 5.33. The molecule has 1 aromatic heterocycles. The van der Waals surface area contributed by atoms with Crippen LogP contribution >= 0.6 is 11.6 Å². The topological polar surface area (TPSA) is 81.2 Å². The van der Waals surface area contributed by atoms with E-state index in [1.165, 1.54) is 13.1 Å². The van der Waals surface area contributed by atoms with Crippen molar-refractivity contribution in [1.82, 2.24) is 14.7 Å². The number of aromatic nitrogens is 2. The second kappa shape index (κ2) is 7.04. The van der Waals surface area contributed by atoms with Crippen molar-refractivity contribution in [3.05, 3.63) is 46.9 Å². The van der Waals surface area contributed by atoms with Crippen LogP contribution in [-0.4, -0.2) is 25.4 Å². The molecular formula is C14H16ClN3O3S. The normalized spacial score (nSPS) is 11.4. The summed E-state index contributed by atoms with van der Waals surface area (Å²) < 4.78 is 30.8. The third kappa shape index (κ3) is 4.66. The molecule has 118 valence electrons. The number of sulfonamides is 1. The fraction of sp³-hybridized carbons (Fsp3) is 0.286. The molecule has 1 aromatic carbocycles. The van der Waals surface area contributed by atoms with Crippen LogP contribution in [0.3, 0.4) is 0 Å². The molecule has 2 rings (SSSR count).